The zero-order chi connectivity index (χ0) is 20.5. The van der Waals surface area contributed by atoms with Crippen LogP contribution < -0.4 is 0 Å². The van der Waals surface area contributed by atoms with Crippen molar-refractivity contribution in [3.63, 3.8) is 0 Å². The van der Waals surface area contributed by atoms with E-state index in [-0.39, 0.29) is 12.3 Å². The smallest absolute Gasteiger partial charge is 0.329 e. The van der Waals surface area contributed by atoms with Gasteiger partial charge in [-0.25, -0.2) is 4.79 Å². The maximum atomic E-state index is 12.7. The Labute approximate surface area is 162 Å². The van der Waals surface area contributed by atoms with Crippen molar-refractivity contribution in [3.05, 3.63) is 75.8 Å². The van der Waals surface area contributed by atoms with Crippen molar-refractivity contribution in [1.82, 2.24) is 5.06 Å². The number of non-ortho nitro benzene ring substituents is 1. The summed E-state index contributed by atoms with van der Waals surface area (Å²) >= 11 is 0. The molecule has 1 saturated heterocycles. The lowest BCUT2D eigenvalue weighted by molar-refractivity contribution is -0.384. The van der Waals surface area contributed by atoms with Crippen LogP contribution in [0.15, 0.2) is 54.6 Å². The van der Waals surface area contributed by atoms with Gasteiger partial charge in [0.05, 0.1) is 18.1 Å². The molecule has 0 radical (unpaired) electrons. The summed E-state index contributed by atoms with van der Waals surface area (Å²) in [7, 11) is 1.25. The summed E-state index contributed by atoms with van der Waals surface area (Å²) in [6.07, 6.45) is 0. The molecular formula is C20H22N2O6. The largest absolute Gasteiger partial charge is 0.468 e. The van der Waals surface area contributed by atoms with Crippen LogP contribution in [0.3, 0.4) is 0 Å². The topological polar surface area (TPSA) is 113 Å². The number of nitrogens with zero attached hydrogens (tertiary/aromatic N) is 2. The number of carbonyl (C=O) groups excluding carboxylic acids is 1. The quantitative estimate of drug-likeness (QED) is 0.461. The molecule has 3 rings (SSSR count). The fourth-order valence-electron chi connectivity index (χ4n) is 4.26. The van der Waals surface area contributed by atoms with Gasteiger partial charge >= 0.3 is 5.97 Å². The van der Waals surface area contributed by atoms with Gasteiger partial charge in [-0.3, -0.25) is 10.1 Å². The van der Waals surface area contributed by atoms with Crippen LogP contribution in [0.2, 0.25) is 0 Å². The van der Waals surface area contributed by atoms with E-state index in [1.807, 2.05) is 30.3 Å². The predicted molar refractivity (Wildman–Crippen MR) is 99.6 cm³/mol. The first kappa shape index (κ1) is 19.9. The molecule has 0 bridgehead atoms. The van der Waals surface area contributed by atoms with Gasteiger partial charge < -0.3 is 15.1 Å². The molecule has 28 heavy (non-hydrogen) atoms. The Bertz CT molecular complexity index is 857. The van der Waals surface area contributed by atoms with Crippen LogP contribution >= 0.6 is 0 Å². The number of esters is 1. The van der Waals surface area contributed by atoms with Gasteiger partial charge in [-0.15, -0.1) is 0 Å². The van der Waals surface area contributed by atoms with E-state index in [0.29, 0.717) is 5.56 Å². The lowest BCUT2D eigenvalue weighted by Crippen LogP contribution is -2.51. The van der Waals surface area contributed by atoms with E-state index in [9.17, 15) is 25.2 Å². The van der Waals surface area contributed by atoms with Crippen molar-refractivity contribution in [2.75, 3.05) is 13.7 Å². The number of aliphatic hydroxyl groups is 1. The van der Waals surface area contributed by atoms with Crippen LogP contribution in [-0.4, -0.2) is 45.5 Å². The Morgan fingerprint density at radius 2 is 1.79 bits per heavy atom. The highest BCUT2D eigenvalue weighted by molar-refractivity contribution is 5.82. The van der Waals surface area contributed by atoms with E-state index >= 15 is 0 Å². The number of hydroxylamine groups is 2. The summed E-state index contributed by atoms with van der Waals surface area (Å²) in [6, 6.07) is 14.1. The van der Waals surface area contributed by atoms with Crippen LogP contribution in [-0.2, 0) is 9.53 Å². The summed E-state index contributed by atoms with van der Waals surface area (Å²) in [4.78, 5) is 23.1. The maximum Gasteiger partial charge on any atom is 0.329 e. The minimum atomic E-state index is -1.45. The normalized spacial score (nSPS) is 27.5. The average molecular weight is 386 g/mol. The highest BCUT2D eigenvalue weighted by atomic mass is 16.6. The Morgan fingerprint density at radius 1 is 1.18 bits per heavy atom. The molecule has 8 nitrogen and oxygen atoms in total. The lowest BCUT2D eigenvalue weighted by Gasteiger charge is -2.34. The van der Waals surface area contributed by atoms with Crippen LogP contribution in [0.25, 0.3) is 0 Å². The molecule has 2 aromatic carbocycles. The molecule has 1 fully saturated rings. The number of hydrogen-bond donors (Lipinski definition) is 2. The summed E-state index contributed by atoms with van der Waals surface area (Å²) in [6.45, 7) is 1.27. The van der Waals surface area contributed by atoms with Gasteiger partial charge in [-0.05, 0) is 18.1 Å². The molecule has 148 valence electrons. The molecule has 0 aromatic heterocycles. The lowest BCUT2D eigenvalue weighted by atomic mass is 9.75. The number of ether oxygens (including phenoxy) is 1. The number of hydrogen-bond acceptors (Lipinski definition) is 7. The number of aliphatic hydroxyl groups excluding tert-OH is 1. The number of carbonyl (C=O) groups is 1. The molecule has 0 amide bonds. The predicted octanol–water partition coefficient (Wildman–Crippen LogP) is 2.66. The van der Waals surface area contributed by atoms with E-state index in [4.69, 9.17) is 4.74 Å². The van der Waals surface area contributed by atoms with E-state index < -0.39 is 34.3 Å². The summed E-state index contributed by atoms with van der Waals surface area (Å²) in [5.41, 5.74) is -0.198. The van der Waals surface area contributed by atoms with Crippen LogP contribution in [0, 0.1) is 16.0 Å². The molecule has 0 saturated carbocycles. The molecular weight excluding hydrogens is 364 g/mol. The molecule has 1 aliphatic rings. The van der Waals surface area contributed by atoms with Gasteiger partial charge in [0.15, 0.2) is 0 Å². The van der Waals surface area contributed by atoms with Crippen molar-refractivity contribution in [2.45, 2.75) is 24.4 Å². The van der Waals surface area contributed by atoms with Crippen LogP contribution in [0.5, 0.6) is 0 Å². The second-order valence-corrected chi connectivity index (χ2v) is 7.01. The van der Waals surface area contributed by atoms with Gasteiger partial charge in [0.2, 0.25) is 0 Å². The number of methoxy groups -OCH3 is 1. The van der Waals surface area contributed by atoms with Crippen molar-refractivity contribution in [3.8, 4) is 0 Å². The Kier molecular flexibility index (Phi) is 5.46. The molecule has 8 heteroatoms. The molecule has 2 aromatic rings. The van der Waals surface area contributed by atoms with Gasteiger partial charge in [0.1, 0.15) is 5.54 Å². The zero-order valence-electron chi connectivity index (χ0n) is 15.6. The first-order valence-corrected chi connectivity index (χ1v) is 8.83. The van der Waals surface area contributed by atoms with Crippen molar-refractivity contribution in [1.29, 1.82) is 0 Å². The van der Waals surface area contributed by atoms with Gasteiger partial charge in [-0.1, -0.05) is 42.5 Å². The van der Waals surface area contributed by atoms with E-state index in [1.165, 1.54) is 31.4 Å². The third kappa shape index (κ3) is 3.05. The molecule has 0 aliphatic carbocycles. The molecule has 2 N–H and O–H groups in total. The molecule has 1 aliphatic heterocycles. The maximum absolute atomic E-state index is 12.7. The van der Waals surface area contributed by atoms with E-state index in [0.717, 1.165) is 10.6 Å². The Hall–Kier alpha value is -2.81. The zero-order valence-corrected chi connectivity index (χ0v) is 15.6. The van der Waals surface area contributed by atoms with E-state index in [2.05, 4.69) is 0 Å². The number of nitro groups is 1. The molecule has 1 heterocycles. The summed E-state index contributed by atoms with van der Waals surface area (Å²) in [5.74, 6) is -1.74. The number of rotatable bonds is 5. The van der Waals surface area contributed by atoms with Crippen molar-refractivity contribution in [2.24, 2.45) is 5.92 Å². The second kappa shape index (κ2) is 7.67. The number of benzene rings is 2. The fraction of sp³-hybridized carbons (Fsp3) is 0.350. The third-order valence-corrected chi connectivity index (χ3v) is 5.59. The van der Waals surface area contributed by atoms with Crippen LogP contribution in [0.4, 0.5) is 5.69 Å². The SMILES string of the molecule is COC(=O)[C@]1(C)[C@H](c2ccccc2)[C@@H](CO)[C@@H](c2ccc([N+](=O)[O-])cc2)N1O. The Balaban J connectivity index is 2.13. The van der Waals surface area contributed by atoms with Gasteiger partial charge in [0, 0.05) is 30.6 Å². The Morgan fingerprint density at radius 3 is 2.29 bits per heavy atom. The third-order valence-electron chi connectivity index (χ3n) is 5.59. The van der Waals surface area contributed by atoms with Gasteiger partial charge in [-0.2, -0.15) is 5.06 Å². The standard InChI is InChI=1S/C20H22N2O6/c1-20(19(24)28-2)17(13-6-4-3-5-7-13)16(12-23)18(21(20)25)14-8-10-15(11-9-14)22(26)27/h3-11,16-18,23,25H,12H2,1-2H3/t16-,17-,18-,20+/m1/s1. The molecule has 4 atom stereocenters. The number of nitro benzene ring substituents is 1. The summed E-state index contributed by atoms with van der Waals surface area (Å²) < 4.78 is 4.98. The first-order valence-electron chi connectivity index (χ1n) is 8.83. The monoisotopic (exact) mass is 386 g/mol. The first-order chi connectivity index (χ1) is 13.4. The molecule has 0 spiro atoms. The molecule has 0 unspecified atom stereocenters. The van der Waals surface area contributed by atoms with E-state index in [1.54, 1.807) is 6.92 Å². The van der Waals surface area contributed by atoms with Crippen LogP contribution in [0.1, 0.15) is 30.0 Å². The van der Waals surface area contributed by atoms with Gasteiger partial charge in [0.25, 0.3) is 5.69 Å². The summed E-state index contributed by atoms with van der Waals surface area (Å²) in [5, 5.41) is 33.1. The van der Waals surface area contributed by atoms with Crippen molar-refractivity contribution < 1.29 is 24.8 Å². The average Bonchev–Trinajstić information content (AvgIpc) is 2.95. The fourth-order valence-corrected chi connectivity index (χ4v) is 4.26. The highest BCUT2D eigenvalue weighted by Gasteiger charge is 2.61. The minimum absolute atomic E-state index is 0.0814. The minimum Gasteiger partial charge on any atom is -0.468 e. The highest BCUT2D eigenvalue weighted by Crippen LogP contribution is 2.54. The second-order valence-electron chi connectivity index (χ2n) is 7.01. The van der Waals surface area contributed by atoms with Crippen molar-refractivity contribution >= 4 is 11.7 Å².